The van der Waals surface area contributed by atoms with Crippen molar-refractivity contribution >= 4 is 45.0 Å². The van der Waals surface area contributed by atoms with E-state index in [-0.39, 0.29) is 5.91 Å². The first-order valence-corrected chi connectivity index (χ1v) is 12.7. The predicted octanol–water partition coefficient (Wildman–Crippen LogP) is 5.42. The monoisotopic (exact) mass is 504 g/mol. The highest BCUT2D eigenvalue weighted by atomic mass is 35.5. The molecule has 0 bridgehead atoms. The summed E-state index contributed by atoms with van der Waals surface area (Å²) in [5, 5.41) is 10.5. The molecule has 0 saturated carbocycles. The summed E-state index contributed by atoms with van der Waals surface area (Å²) in [4.78, 5) is 14.7. The van der Waals surface area contributed by atoms with Gasteiger partial charge in [0.2, 0.25) is 5.91 Å². The Morgan fingerprint density at radius 2 is 1.69 bits per heavy atom. The molecule has 0 saturated heterocycles. The van der Waals surface area contributed by atoms with Crippen LogP contribution < -0.4 is 20.2 Å². The minimum atomic E-state index is -0.0609. The predicted molar refractivity (Wildman–Crippen MR) is 144 cm³/mol. The largest absolute Gasteiger partial charge is 0.493 e. The van der Waals surface area contributed by atoms with Crippen molar-refractivity contribution in [3.8, 4) is 11.5 Å². The number of hydrogen-bond donors (Lipinski definition) is 3. The Morgan fingerprint density at radius 1 is 0.889 bits per heavy atom. The van der Waals surface area contributed by atoms with Crippen LogP contribution in [-0.4, -0.2) is 42.9 Å². The van der Waals surface area contributed by atoms with E-state index in [9.17, 15) is 4.79 Å². The van der Waals surface area contributed by atoms with E-state index in [4.69, 9.17) is 21.1 Å². The fourth-order valence-electron chi connectivity index (χ4n) is 4.29. The maximum Gasteiger partial charge on any atom is 0.240 e. The van der Waals surface area contributed by atoms with Crippen molar-refractivity contribution in [3.05, 3.63) is 71.2 Å². The van der Waals surface area contributed by atoms with Crippen molar-refractivity contribution in [1.82, 2.24) is 15.7 Å². The average molecular weight is 505 g/mol. The molecule has 4 aromatic rings. The summed E-state index contributed by atoms with van der Waals surface area (Å²) in [6.45, 7) is 2.96. The summed E-state index contributed by atoms with van der Waals surface area (Å²) in [5.74, 6) is 1.47. The van der Waals surface area contributed by atoms with Crippen molar-refractivity contribution in [3.63, 3.8) is 0 Å². The molecule has 2 heterocycles. The van der Waals surface area contributed by atoms with E-state index in [0.29, 0.717) is 36.8 Å². The van der Waals surface area contributed by atoms with E-state index in [1.54, 1.807) is 0 Å². The quantitative estimate of drug-likeness (QED) is 0.238. The number of rotatable bonds is 11. The topological polar surface area (TPSA) is 87.7 Å². The lowest BCUT2D eigenvalue weighted by Crippen LogP contribution is -2.25. The summed E-state index contributed by atoms with van der Waals surface area (Å²) in [7, 11) is 0. The Balaban J connectivity index is 0.974. The summed E-state index contributed by atoms with van der Waals surface area (Å²) < 4.78 is 11.8. The molecule has 1 aliphatic heterocycles. The van der Waals surface area contributed by atoms with Crippen molar-refractivity contribution in [2.75, 3.05) is 26.3 Å². The van der Waals surface area contributed by atoms with Crippen molar-refractivity contribution in [1.29, 1.82) is 0 Å². The van der Waals surface area contributed by atoms with Crippen molar-refractivity contribution in [2.24, 2.45) is 5.10 Å². The van der Waals surface area contributed by atoms with E-state index < -0.39 is 0 Å². The standard InChI is InChI=1S/C28H29ClN4O3/c29-23-17-19(24-10-12-28(34)33-32-24)7-11-27(23)36-16-4-14-30-13-3-15-35-20-8-9-22-21-5-1-2-6-25(21)31-26(22)18-20/h1-2,5-9,11,17-18,30-31H,3-4,10,12-16H2,(H,33,34). The number of ether oxygens (including phenoxy) is 2. The van der Waals surface area contributed by atoms with E-state index in [1.165, 1.54) is 10.8 Å². The normalized spacial score (nSPS) is 13.6. The first kappa shape index (κ1) is 24.2. The number of aromatic nitrogens is 1. The lowest BCUT2D eigenvalue weighted by atomic mass is 10.0. The molecule has 186 valence electrons. The number of carbonyl (C=O) groups is 1. The lowest BCUT2D eigenvalue weighted by Gasteiger charge is -2.14. The Morgan fingerprint density at radius 3 is 2.50 bits per heavy atom. The van der Waals surface area contributed by atoms with Crippen LogP contribution in [-0.2, 0) is 4.79 Å². The fraction of sp³-hybridized carbons (Fsp3) is 0.286. The van der Waals surface area contributed by atoms with Gasteiger partial charge in [0.05, 0.1) is 29.5 Å². The highest BCUT2D eigenvalue weighted by molar-refractivity contribution is 6.32. The van der Waals surface area contributed by atoms with E-state index >= 15 is 0 Å². The second-order valence-corrected chi connectivity index (χ2v) is 9.18. The van der Waals surface area contributed by atoms with Gasteiger partial charge < -0.3 is 19.8 Å². The minimum Gasteiger partial charge on any atom is -0.493 e. The zero-order chi connectivity index (χ0) is 24.7. The number of hydrogen-bond acceptors (Lipinski definition) is 5. The van der Waals surface area contributed by atoms with Gasteiger partial charge in [-0.25, -0.2) is 5.43 Å². The molecule has 3 aromatic carbocycles. The Kier molecular flexibility index (Phi) is 7.69. The highest BCUT2D eigenvalue weighted by Crippen LogP contribution is 2.28. The first-order valence-electron chi connectivity index (χ1n) is 12.3. The Bertz CT molecular complexity index is 1400. The Hall–Kier alpha value is -3.55. The van der Waals surface area contributed by atoms with Crippen LogP contribution in [0.3, 0.4) is 0 Å². The summed E-state index contributed by atoms with van der Waals surface area (Å²) in [5.41, 5.74) is 6.47. The van der Waals surface area contributed by atoms with Gasteiger partial charge in [-0.15, -0.1) is 0 Å². The molecule has 1 aromatic heterocycles. The second-order valence-electron chi connectivity index (χ2n) is 8.77. The van der Waals surface area contributed by atoms with Crippen LogP contribution in [0.2, 0.25) is 5.02 Å². The van der Waals surface area contributed by atoms with Crippen LogP contribution in [0.25, 0.3) is 21.8 Å². The van der Waals surface area contributed by atoms with Crippen LogP contribution in [0.4, 0.5) is 0 Å². The lowest BCUT2D eigenvalue weighted by molar-refractivity contribution is -0.121. The van der Waals surface area contributed by atoms with E-state index in [2.05, 4.69) is 51.2 Å². The zero-order valence-electron chi connectivity index (χ0n) is 20.0. The van der Waals surface area contributed by atoms with Gasteiger partial charge in [0.25, 0.3) is 0 Å². The summed E-state index contributed by atoms with van der Waals surface area (Å²) >= 11 is 6.38. The second kappa shape index (κ2) is 11.5. The molecule has 3 N–H and O–H groups in total. The van der Waals surface area contributed by atoms with Crippen LogP contribution in [0.5, 0.6) is 11.5 Å². The molecular formula is C28H29ClN4O3. The van der Waals surface area contributed by atoms with Gasteiger partial charge in [0.15, 0.2) is 0 Å². The smallest absolute Gasteiger partial charge is 0.240 e. The molecule has 1 amide bonds. The van der Waals surface area contributed by atoms with E-state index in [0.717, 1.165) is 54.0 Å². The van der Waals surface area contributed by atoms with Gasteiger partial charge >= 0.3 is 0 Å². The fourth-order valence-corrected chi connectivity index (χ4v) is 4.53. The van der Waals surface area contributed by atoms with Gasteiger partial charge in [0, 0.05) is 35.2 Å². The molecule has 7 nitrogen and oxygen atoms in total. The van der Waals surface area contributed by atoms with Crippen molar-refractivity contribution in [2.45, 2.75) is 25.7 Å². The molecule has 8 heteroatoms. The number of para-hydroxylation sites is 1. The van der Waals surface area contributed by atoms with Crippen LogP contribution >= 0.6 is 11.6 Å². The van der Waals surface area contributed by atoms with Gasteiger partial charge in [-0.1, -0.05) is 29.8 Å². The third-order valence-corrected chi connectivity index (χ3v) is 6.46. The summed E-state index contributed by atoms with van der Waals surface area (Å²) in [6, 6.07) is 20.2. The molecule has 1 aliphatic rings. The number of halogens is 1. The first-order chi connectivity index (χ1) is 17.7. The van der Waals surface area contributed by atoms with Crippen LogP contribution in [0.15, 0.2) is 65.8 Å². The number of H-pyrrole nitrogens is 1. The average Bonchev–Trinajstić information content (AvgIpc) is 3.27. The molecular weight excluding hydrogens is 476 g/mol. The maximum atomic E-state index is 11.3. The van der Waals surface area contributed by atoms with Gasteiger partial charge in [-0.2, -0.15) is 5.10 Å². The third kappa shape index (κ3) is 5.80. The van der Waals surface area contributed by atoms with Gasteiger partial charge in [-0.3, -0.25) is 4.79 Å². The number of nitrogens with one attached hydrogen (secondary N) is 3. The molecule has 0 atom stereocenters. The number of nitrogens with zero attached hydrogens (tertiary/aromatic N) is 1. The molecule has 0 radical (unpaired) electrons. The third-order valence-electron chi connectivity index (χ3n) is 6.17. The molecule has 0 fully saturated rings. The number of amides is 1. The number of fused-ring (bicyclic) bond motifs is 3. The van der Waals surface area contributed by atoms with E-state index in [1.807, 2.05) is 30.3 Å². The molecule has 5 rings (SSSR count). The number of aromatic amines is 1. The summed E-state index contributed by atoms with van der Waals surface area (Å²) in [6.07, 6.45) is 2.84. The SMILES string of the molecule is O=C1CCC(c2ccc(OCCCNCCCOc3ccc4c(c3)[nH]c3ccccc34)c(Cl)c2)=NN1. The number of benzene rings is 3. The maximum absolute atomic E-state index is 11.3. The van der Waals surface area contributed by atoms with Gasteiger partial charge in [-0.05, 0) is 67.9 Å². The van der Waals surface area contributed by atoms with Crippen LogP contribution in [0, 0.1) is 0 Å². The molecule has 0 aliphatic carbocycles. The Labute approximate surface area is 214 Å². The molecule has 36 heavy (non-hydrogen) atoms. The number of carbonyl (C=O) groups excluding carboxylic acids is 1. The van der Waals surface area contributed by atoms with Crippen LogP contribution in [0.1, 0.15) is 31.2 Å². The number of hydrazone groups is 1. The van der Waals surface area contributed by atoms with Gasteiger partial charge in [0.1, 0.15) is 11.5 Å². The molecule has 0 unspecified atom stereocenters. The highest BCUT2D eigenvalue weighted by Gasteiger charge is 2.14. The zero-order valence-corrected chi connectivity index (χ0v) is 20.7. The minimum absolute atomic E-state index is 0.0609. The van der Waals surface area contributed by atoms with Crippen molar-refractivity contribution < 1.29 is 14.3 Å². The molecule has 0 spiro atoms.